The maximum absolute atomic E-state index is 17.7. The number of nitrogens with zero attached hydrogens (tertiary/aromatic N) is 3. The molecule has 1 heterocycles. The van der Waals surface area contributed by atoms with E-state index in [0.717, 1.165) is 39.2 Å². The second-order valence-electron chi connectivity index (χ2n) is 14.7. The fraction of sp³-hybridized carbons (Fsp3) is 0.132. The Balaban J connectivity index is 1.60. The number of benzene rings is 7. The topological polar surface area (TPSA) is 72.1 Å². The Kier molecular flexibility index (Phi) is 11.6. The lowest BCUT2D eigenvalue weighted by Gasteiger charge is -2.41. The van der Waals surface area contributed by atoms with Crippen LogP contribution in [-0.4, -0.2) is 22.3 Å². The Labute approximate surface area is 351 Å². The summed E-state index contributed by atoms with van der Waals surface area (Å²) in [5.74, 6) is 0.515. The first-order chi connectivity index (χ1) is 29.4. The van der Waals surface area contributed by atoms with Gasteiger partial charge in [-0.3, -0.25) is 0 Å². The molecule has 0 amide bonds. The molecular formula is C53H45FN4O2. The van der Waals surface area contributed by atoms with Crippen LogP contribution in [0.1, 0.15) is 60.5 Å². The zero-order chi connectivity index (χ0) is 41.5. The molecule has 7 aromatic carbocycles. The molecule has 0 aliphatic rings. The maximum Gasteiger partial charge on any atom is 0.171 e. The molecule has 1 unspecified atom stereocenters. The van der Waals surface area contributed by atoms with Gasteiger partial charge in [0.15, 0.2) is 11.6 Å². The van der Waals surface area contributed by atoms with Gasteiger partial charge in [-0.15, -0.1) is 0 Å². The Hall–Kier alpha value is -7.43. The minimum absolute atomic E-state index is 0.0719. The van der Waals surface area contributed by atoms with E-state index in [2.05, 4.69) is 113 Å². The molecule has 8 rings (SSSR count). The van der Waals surface area contributed by atoms with Crippen LogP contribution in [0.5, 0.6) is 11.5 Å². The van der Waals surface area contributed by atoms with E-state index in [-0.39, 0.29) is 17.4 Å². The van der Waals surface area contributed by atoms with Gasteiger partial charge in [-0.1, -0.05) is 152 Å². The molecule has 1 atom stereocenters. The van der Waals surface area contributed by atoms with Crippen LogP contribution in [0.2, 0.25) is 0 Å². The number of hydrogen-bond acceptors (Lipinski definition) is 5. The molecule has 0 fully saturated rings. The van der Waals surface area contributed by atoms with Crippen LogP contribution in [0, 0.1) is 17.1 Å². The van der Waals surface area contributed by atoms with E-state index < -0.39 is 17.4 Å². The molecular weight excluding hydrogens is 744 g/mol. The normalized spacial score (nSPS) is 11.8. The van der Waals surface area contributed by atoms with Crippen LogP contribution in [0.4, 0.5) is 10.1 Å². The number of anilines is 1. The molecule has 1 aromatic heterocycles. The zero-order valence-electron chi connectivity index (χ0n) is 33.8. The van der Waals surface area contributed by atoms with Crippen molar-refractivity contribution in [1.82, 2.24) is 9.55 Å². The predicted octanol–water partition coefficient (Wildman–Crippen LogP) is 12.5. The van der Waals surface area contributed by atoms with Gasteiger partial charge < -0.3 is 19.4 Å². The van der Waals surface area contributed by atoms with Gasteiger partial charge >= 0.3 is 0 Å². The predicted molar refractivity (Wildman–Crippen MR) is 238 cm³/mol. The number of hydrogen-bond donors (Lipinski definition) is 1. The first-order valence-corrected chi connectivity index (χ1v) is 20.2. The van der Waals surface area contributed by atoms with Crippen molar-refractivity contribution in [3.8, 4) is 40.1 Å². The molecule has 296 valence electrons. The van der Waals surface area contributed by atoms with E-state index in [9.17, 15) is 5.26 Å². The minimum Gasteiger partial charge on any atom is -0.494 e. The number of nitriles is 1. The van der Waals surface area contributed by atoms with E-state index in [1.165, 1.54) is 0 Å². The lowest BCUT2D eigenvalue weighted by atomic mass is 9.76. The lowest BCUT2D eigenvalue weighted by molar-refractivity contribution is 0.228. The third-order valence-corrected chi connectivity index (χ3v) is 10.5. The SMILES string of the molecule is CCOc1cc(OC(C)C)c(F)c(C(Nc2ccc(C#N)cc2)c2nc(-c3ccccc3)c(-c3ccccc3)n2C(c2ccccc2)(c2ccccc2)c2ccccc2)c1. The fourth-order valence-corrected chi connectivity index (χ4v) is 8.04. The molecule has 0 radical (unpaired) electrons. The molecule has 0 spiro atoms. The van der Waals surface area contributed by atoms with Gasteiger partial charge in [-0.2, -0.15) is 5.26 Å². The monoisotopic (exact) mass is 788 g/mol. The Morgan fingerprint density at radius 1 is 0.683 bits per heavy atom. The smallest absolute Gasteiger partial charge is 0.171 e. The van der Waals surface area contributed by atoms with Crippen LogP contribution in [0.25, 0.3) is 22.5 Å². The van der Waals surface area contributed by atoms with E-state index in [1.807, 2.05) is 87.5 Å². The van der Waals surface area contributed by atoms with Crippen LogP contribution >= 0.6 is 0 Å². The van der Waals surface area contributed by atoms with Crippen LogP contribution < -0.4 is 14.8 Å². The summed E-state index contributed by atoms with van der Waals surface area (Å²) in [6.07, 6.45) is -0.313. The van der Waals surface area contributed by atoms with Crippen molar-refractivity contribution in [2.75, 3.05) is 11.9 Å². The Morgan fingerprint density at radius 2 is 1.18 bits per heavy atom. The van der Waals surface area contributed by atoms with Gasteiger partial charge in [0.25, 0.3) is 0 Å². The molecule has 0 saturated carbocycles. The molecule has 0 aliphatic carbocycles. The Morgan fingerprint density at radius 3 is 1.67 bits per heavy atom. The Bertz CT molecular complexity index is 2600. The van der Waals surface area contributed by atoms with Gasteiger partial charge in [0.1, 0.15) is 23.2 Å². The molecule has 0 saturated heterocycles. The second kappa shape index (κ2) is 17.6. The lowest BCUT2D eigenvalue weighted by Crippen LogP contribution is -2.40. The van der Waals surface area contributed by atoms with E-state index >= 15 is 4.39 Å². The highest BCUT2D eigenvalue weighted by molar-refractivity contribution is 5.81. The maximum atomic E-state index is 17.7. The van der Waals surface area contributed by atoms with Crippen molar-refractivity contribution in [2.24, 2.45) is 0 Å². The average molecular weight is 789 g/mol. The van der Waals surface area contributed by atoms with Crippen molar-refractivity contribution in [3.63, 3.8) is 0 Å². The van der Waals surface area contributed by atoms with Crippen LogP contribution in [0.15, 0.2) is 188 Å². The molecule has 7 heteroatoms. The molecule has 0 aliphatic heterocycles. The van der Waals surface area contributed by atoms with Crippen molar-refractivity contribution >= 4 is 5.69 Å². The second-order valence-corrected chi connectivity index (χ2v) is 14.7. The van der Waals surface area contributed by atoms with Crippen LogP contribution in [0.3, 0.4) is 0 Å². The summed E-state index contributed by atoms with van der Waals surface area (Å²) in [7, 11) is 0. The summed E-state index contributed by atoms with van der Waals surface area (Å²) in [6, 6.07) is 63.5. The van der Waals surface area contributed by atoms with Gasteiger partial charge in [0.2, 0.25) is 0 Å². The molecule has 0 bridgehead atoms. The zero-order valence-corrected chi connectivity index (χ0v) is 33.8. The van der Waals surface area contributed by atoms with Gasteiger partial charge in [-0.05, 0) is 67.8 Å². The fourth-order valence-electron chi connectivity index (χ4n) is 8.04. The van der Waals surface area contributed by atoms with E-state index in [1.54, 1.807) is 24.3 Å². The van der Waals surface area contributed by atoms with E-state index in [0.29, 0.717) is 29.4 Å². The first kappa shape index (κ1) is 39.4. The van der Waals surface area contributed by atoms with Gasteiger partial charge in [0.05, 0.1) is 35.7 Å². The largest absolute Gasteiger partial charge is 0.494 e. The number of rotatable bonds is 14. The number of halogens is 1. The highest BCUT2D eigenvalue weighted by Crippen LogP contribution is 2.49. The first-order valence-electron chi connectivity index (χ1n) is 20.2. The van der Waals surface area contributed by atoms with Gasteiger partial charge in [0, 0.05) is 28.4 Å². The number of aromatic nitrogens is 2. The van der Waals surface area contributed by atoms with Crippen molar-refractivity contribution in [3.05, 3.63) is 228 Å². The summed E-state index contributed by atoms with van der Waals surface area (Å²) >= 11 is 0. The quantitative estimate of drug-likeness (QED) is 0.111. The summed E-state index contributed by atoms with van der Waals surface area (Å²) in [4.78, 5) is 5.71. The minimum atomic E-state index is -1.08. The van der Waals surface area contributed by atoms with Crippen molar-refractivity contribution < 1.29 is 13.9 Å². The highest BCUT2D eigenvalue weighted by Gasteiger charge is 2.45. The molecule has 60 heavy (non-hydrogen) atoms. The van der Waals surface area contributed by atoms with Crippen LogP contribution in [-0.2, 0) is 5.54 Å². The number of imidazole rings is 1. The summed E-state index contributed by atoms with van der Waals surface area (Å²) < 4.78 is 32.3. The summed E-state index contributed by atoms with van der Waals surface area (Å²) in [5, 5.41) is 13.4. The summed E-state index contributed by atoms with van der Waals surface area (Å²) in [6.45, 7) is 6.01. The number of ether oxygens (including phenoxy) is 2. The van der Waals surface area contributed by atoms with Gasteiger partial charge in [-0.25, -0.2) is 9.37 Å². The molecule has 1 N–H and O–H groups in total. The number of nitrogens with one attached hydrogen (secondary N) is 1. The summed E-state index contributed by atoms with van der Waals surface area (Å²) in [5.41, 5.74) is 6.64. The molecule has 8 aromatic rings. The highest BCUT2D eigenvalue weighted by atomic mass is 19.1. The van der Waals surface area contributed by atoms with Crippen molar-refractivity contribution in [1.29, 1.82) is 5.26 Å². The standard InChI is InChI=1S/C53H45FN4O2/c1-4-59-45-34-46(48(54)47(35-45)60-37(2)3)50(56-44-32-30-38(36-55)31-33-44)52-57-49(39-20-10-5-11-21-39)51(40-22-12-6-13-23-40)58(52)53(41-24-14-7-15-25-41,42-26-16-8-17-27-42)43-28-18-9-19-29-43/h5-35,37,50,56H,4H2,1-3H3. The third-order valence-electron chi connectivity index (χ3n) is 10.5. The molecule has 6 nitrogen and oxygen atoms in total. The average Bonchev–Trinajstić information content (AvgIpc) is 3.69. The third kappa shape index (κ3) is 7.64. The van der Waals surface area contributed by atoms with Crippen molar-refractivity contribution in [2.45, 2.75) is 38.5 Å². The van der Waals surface area contributed by atoms with E-state index in [4.69, 9.17) is 14.5 Å².